The number of rotatable bonds is 3. The molecule has 1 aliphatic heterocycles. The second kappa shape index (κ2) is 4.17. The Hall–Kier alpha value is -0.900. The molecule has 1 atom stereocenters. The molecule has 0 bridgehead atoms. The molecule has 0 aromatic heterocycles. The van der Waals surface area contributed by atoms with E-state index in [1.165, 1.54) is 4.90 Å². The van der Waals surface area contributed by atoms with E-state index >= 15 is 0 Å². The highest BCUT2D eigenvalue weighted by atomic mass is 16.3. The van der Waals surface area contributed by atoms with Gasteiger partial charge >= 0.3 is 0 Å². The van der Waals surface area contributed by atoms with E-state index in [9.17, 15) is 9.59 Å². The number of carbonyl (C=O) groups is 2. The van der Waals surface area contributed by atoms with Crippen molar-refractivity contribution in [3.63, 3.8) is 0 Å². The lowest BCUT2D eigenvalue weighted by Gasteiger charge is -2.22. The number of hydrogen-bond acceptors (Lipinski definition) is 3. The van der Waals surface area contributed by atoms with Gasteiger partial charge in [-0.3, -0.25) is 14.5 Å². The molecule has 90 valence electrons. The monoisotopic (exact) mass is 225 g/mol. The molecule has 2 amide bonds. The second-order valence-corrected chi connectivity index (χ2v) is 5.26. The number of aliphatic hydroxyl groups excluding tert-OH is 1. The van der Waals surface area contributed by atoms with Gasteiger partial charge in [0.1, 0.15) is 0 Å². The van der Waals surface area contributed by atoms with E-state index in [0.29, 0.717) is 13.0 Å². The summed E-state index contributed by atoms with van der Waals surface area (Å²) < 4.78 is 0. The highest BCUT2D eigenvalue weighted by Gasteiger charge is 2.52. The molecule has 2 aliphatic rings. The number of hydrogen-bond donors (Lipinski definition) is 1. The van der Waals surface area contributed by atoms with Crippen molar-refractivity contribution in [1.82, 2.24) is 4.90 Å². The smallest absolute Gasteiger partial charge is 0.235 e. The van der Waals surface area contributed by atoms with Crippen LogP contribution in [0.2, 0.25) is 0 Å². The van der Waals surface area contributed by atoms with Gasteiger partial charge in [-0.05, 0) is 18.8 Å². The fourth-order valence-corrected chi connectivity index (χ4v) is 2.86. The molecule has 1 saturated heterocycles. The van der Waals surface area contributed by atoms with Gasteiger partial charge in [0.2, 0.25) is 11.8 Å². The molecule has 4 heteroatoms. The lowest BCUT2D eigenvalue weighted by molar-refractivity contribution is -0.142. The summed E-state index contributed by atoms with van der Waals surface area (Å²) in [5, 5.41) is 8.98. The number of imide groups is 1. The van der Waals surface area contributed by atoms with Crippen molar-refractivity contribution in [1.29, 1.82) is 0 Å². The van der Waals surface area contributed by atoms with Crippen molar-refractivity contribution >= 4 is 11.8 Å². The Kier molecular flexibility index (Phi) is 3.02. The third kappa shape index (κ3) is 1.75. The minimum Gasteiger partial charge on any atom is -0.396 e. The molecule has 2 fully saturated rings. The van der Waals surface area contributed by atoms with Gasteiger partial charge in [0, 0.05) is 19.6 Å². The highest BCUT2D eigenvalue weighted by Crippen LogP contribution is 2.46. The van der Waals surface area contributed by atoms with Gasteiger partial charge in [0.25, 0.3) is 0 Å². The topological polar surface area (TPSA) is 57.6 Å². The standard InChI is InChI=1S/C12H19NO3/c1-9(8-14)7-13-10(15)6-12(11(13)16)4-2-3-5-12/h9,14H,2-8H2,1H3. The lowest BCUT2D eigenvalue weighted by Crippen LogP contribution is -2.38. The van der Waals surface area contributed by atoms with E-state index < -0.39 is 0 Å². The first-order valence-corrected chi connectivity index (χ1v) is 6.05. The molecule has 1 N–H and O–H groups in total. The molecule has 0 aromatic carbocycles. The van der Waals surface area contributed by atoms with Crippen LogP contribution in [0.3, 0.4) is 0 Å². The van der Waals surface area contributed by atoms with Crippen LogP contribution in [0.1, 0.15) is 39.0 Å². The third-order valence-electron chi connectivity index (χ3n) is 3.86. The molecule has 0 radical (unpaired) electrons. The van der Waals surface area contributed by atoms with Gasteiger partial charge in [-0.1, -0.05) is 19.8 Å². The average molecular weight is 225 g/mol. The summed E-state index contributed by atoms with van der Waals surface area (Å²) in [5.41, 5.74) is -0.369. The maximum atomic E-state index is 12.2. The zero-order chi connectivity index (χ0) is 11.8. The summed E-state index contributed by atoms with van der Waals surface area (Å²) in [6, 6.07) is 0. The summed E-state index contributed by atoms with van der Waals surface area (Å²) in [5.74, 6) is -0.0630. The van der Waals surface area contributed by atoms with Crippen molar-refractivity contribution in [3.8, 4) is 0 Å². The van der Waals surface area contributed by atoms with E-state index in [1.54, 1.807) is 0 Å². The molecule has 1 spiro atoms. The Bertz CT molecular complexity index is 307. The van der Waals surface area contributed by atoms with Crippen molar-refractivity contribution < 1.29 is 14.7 Å². The van der Waals surface area contributed by atoms with Crippen LogP contribution < -0.4 is 0 Å². The number of nitrogens with zero attached hydrogens (tertiary/aromatic N) is 1. The Balaban J connectivity index is 2.10. The minimum absolute atomic E-state index is 0.00954. The van der Waals surface area contributed by atoms with Crippen molar-refractivity contribution in [3.05, 3.63) is 0 Å². The molecule has 1 unspecified atom stereocenters. The Labute approximate surface area is 95.6 Å². The SMILES string of the molecule is CC(CO)CN1C(=O)CC2(CCCC2)C1=O. The minimum atomic E-state index is -0.369. The summed E-state index contributed by atoms with van der Waals surface area (Å²) in [6.07, 6.45) is 4.23. The van der Waals surface area contributed by atoms with Gasteiger partial charge in [-0.2, -0.15) is 0 Å². The summed E-state index contributed by atoms with van der Waals surface area (Å²) in [4.78, 5) is 25.4. The Morgan fingerprint density at radius 1 is 1.38 bits per heavy atom. The zero-order valence-corrected chi connectivity index (χ0v) is 9.74. The maximum Gasteiger partial charge on any atom is 0.235 e. The summed E-state index contributed by atoms with van der Waals surface area (Å²) in [7, 11) is 0. The quantitative estimate of drug-likeness (QED) is 0.727. The lowest BCUT2D eigenvalue weighted by atomic mass is 9.84. The maximum absolute atomic E-state index is 12.2. The van der Waals surface area contributed by atoms with Crippen LogP contribution in [0.15, 0.2) is 0 Å². The normalized spacial score (nSPS) is 25.8. The molecule has 0 aromatic rings. The van der Waals surface area contributed by atoms with Crippen LogP contribution >= 0.6 is 0 Å². The largest absolute Gasteiger partial charge is 0.396 e. The molecule has 1 heterocycles. The van der Waals surface area contributed by atoms with Crippen LogP contribution in [0.25, 0.3) is 0 Å². The van der Waals surface area contributed by atoms with Gasteiger partial charge in [-0.15, -0.1) is 0 Å². The van der Waals surface area contributed by atoms with E-state index in [-0.39, 0.29) is 29.8 Å². The fourth-order valence-electron chi connectivity index (χ4n) is 2.86. The van der Waals surface area contributed by atoms with E-state index in [4.69, 9.17) is 5.11 Å². The average Bonchev–Trinajstić information content (AvgIpc) is 2.81. The second-order valence-electron chi connectivity index (χ2n) is 5.26. The third-order valence-corrected chi connectivity index (χ3v) is 3.86. The van der Waals surface area contributed by atoms with E-state index in [1.807, 2.05) is 6.92 Å². The van der Waals surface area contributed by atoms with E-state index in [2.05, 4.69) is 0 Å². The molecular weight excluding hydrogens is 206 g/mol. The number of amides is 2. The Morgan fingerprint density at radius 3 is 2.56 bits per heavy atom. The highest BCUT2D eigenvalue weighted by molar-refractivity contribution is 6.06. The molecule has 16 heavy (non-hydrogen) atoms. The first-order valence-electron chi connectivity index (χ1n) is 6.05. The molecule has 2 rings (SSSR count). The van der Waals surface area contributed by atoms with Crippen molar-refractivity contribution in [2.45, 2.75) is 39.0 Å². The molecule has 1 saturated carbocycles. The first-order chi connectivity index (χ1) is 7.59. The van der Waals surface area contributed by atoms with Gasteiger partial charge in [0.05, 0.1) is 5.41 Å². The first kappa shape index (κ1) is 11.6. The van der Waals surface area contributed by atoms with Crippen LogP contribution in [0, 0.1) is 11.3 Å². The molecule has 1 aliphatic carbocycles. The van der Waals surface area contributed by atoms with Crippen LogP contribution in [0.4, 0.5) is 0 Å². The van der Waals surface area contributed by atoms with Crippen LogP contribution in [0.5, 0.6) is 0 Å². The van der Waals surface area contributed by atoms with Crippen LogP contribution in [-0.4, -0.2) is 35.0 Å². The summed E-state index contributed by atoms with van der Waals surface area (Å²) in [6.45, 7) is 2.24. The number of aliphatic hydroxyl groups is 1. The van der Waals surface area contributed by atoms with Gasteiger partial charge < -0.3 is 5.11 Å². The van der Waals surface area contributed by atoms with Gasteiger partial charge in [0.15, 0.2) is 0 Å². The van der Waals surface area contributed by atoms with Crippen molar-refractivity contribution in [2.75, 3.05) is 13.2 Å². The summed E-state index contributed by atoms with van der Waals surface area (Å²) >= 11 is 0. The zero-order valence-electron chi connectivity index (χ0n) is 9.74. The number of carbonyl (C=O) groups excluding carboxylic acids is 2. The number of likely N-dealkylation sites (tertiary alicyclic amines) is 1. The predicted molar refractivity (Wildman–Crippen MR) is 58.5 cm³/mol. The van der Waals surface area contributed by atoms with Crippen LogP contribution in [-0.2, 0) is 9.59 Å². The molecular formula is C12H19NO3. The Morgan fingerprint density at radius 2 is 2.00 bits per heavy atom. The van der Waals surface area contributed by atoms with Gasteiger partial charge in [-0.25, -0.2) is 0 Å². The van der Waals surface area contributed by atoms with Crippen molar-refractivity contribution in [2.24, 2.45) is 11.3 Å². The predicted octanol–water partition coefficient (Wildman–Crippen LogP) is 0.934. The molecule has 4 nitrogen and oxygen atoms in total. The van der Waals surface area contributed by atoms with E-state index in [0.717, 1.165) is 25.7 Å². The fraction of sp³-hybridized carbons (Fsp3) is 0.833.